The summed E-state index contributed by atoms with van der Waals surface area (Å²) in [6.45, 7) is 5.54. The first-order chi connectivity index (χ1) is 12.0. The molecule has 1 saturated heterocycles. The van der Waals surface area contributed by atoms with E-state index >= 15 is 0 Å². The third-order valence-electron chi connectivity index (χ3n) is 4.01. The zero-order chi connectivity index (χ0) is 17.8. The molecule has 1 aliphatic heterocycles. The number of thiazole rings is 1. The summed E-state index contributed by atoms with van der Waals surface area (Å²) in [7, 11) is 0. The first kappa shape index (κ1) is 17.2. The molecule has 128 valence electrons. The smallest absolute Gasteiger partial charge is 0.296 e. The highest BCUT2D eigenvalue weighted by Gasteiger charge is 2.25. The molecule has 0 spiro atoms. The minimum absolute atomic E-state index is 0.0282. The molecule has 1 amide bonds. The highest BCUT2D eigenvalue weighted by atomic mass is 32.1. The normalized spacial score (nSPS) is 16.2. The van der Waals surface area contributed by atoms with Gasteiger partial charge in [0.2, 0.25) is 5.78 Å². The largest absolute Gasteiger partial charge is 0.346 e. The molecule has 1 aliphatic rings. The Morgan fingerprint density at radius 2 is 2.00 bits per heavy atom. The number of benzene rings is 1. The minimum Gasteiger partial charge on any atom is -0.346 e. The number of anilines is 1. The molecule has 0 bridgehead atoms. The molecular weight excluding hydrogens is 334 g/mol. The van der Waals surface area contributed by atoms with Crippen molar-refractivity contribution >= 4 is 28.2 Å². The number of ketones is 1. The Morgan fingerprint density at radius 3 is 2.68 bits per heavy atom. The average molecular weight is 353 g/mol. The Labute approximate surface area is 151 Å². The Morgan fingerprint density at radius 1 is 1.24 bits per heavy atom. The zero-order valence-corrected chi connectivity index (χ0v) is 15.0. The van der Waals surface area contributed by atoms with Gasteiger partial charge < -0.3 is 10.2 Å². The molecule has 0 radical (unpaired) electrons. The molecule has 1 unspecified atom stereocenters. The molecule has 1 aromatic heterocycles. The lowest BCUT2D eigenvalue weighted by Crippen LogP contribution is -2.36. The summed E-state index contributed by atoms with van der Waals surface area (Å²) < 4.78 is 0. The quantitative estimate of drug-likeness (QED) is 0.523. The predicted octanol–water partition coefficient (Wildman–Crippen LogP) is 2.34. The number of hydrogen-bond acceptors (Lipinski definition) is 5. The van der Waals surface area contributed by atoms with Crippen LogP contribution in [0, 0.1) is 25.7 Å². The van der Waals surface area contributed by atoms with Crippen LogP contribution in [0.2, 0.25) is 0 Å². The Hall–Kier alpha value is -2.65. The molecule has 6 heteroatoms. The second-order valence-electron chi connectivity index (χ2n) is 6.10. The lowest BCUT2D eigenvalue weighted by Gasteiger charge is -2.14. The van der Waals surface area contributed by atoms with Gasteiger partial charge in [0.05, 0.1) is 0 Å². The van der Waals surface area contributed by atoms with E-state index in [0.717, 1.165) is 23.7 Å². The monoisotopic (exact) mass is 353 g/mol. The van der Waals surface area contributed by atoms with Crippen LogP contribution in [0.25, 0.3) is 0 Å². The summed E-state index contributed by atoms with van der Waals surface area (Å²) in [4.78, 5) is 31.6. The van der Waals surface area contributed by atoms with Gasteiger partial charge >= 0.3 is 0 Å². The van der Waals surface area contributed by atoms with E-state index in [0.29, 0.717) is 12.1 Å². The summed E-state index contributed by atoms with van der Waals surface area (Å²) in [6, 6.07) is 7.16. The van der Waals surface area contributed by atoms with Crippen molar-refractivity contribution in [3.63, 3.8) is 0 Å². The first-order valence-corrected chi connectivity index (χ1v) is 8.94. The van der Waals surface area contributed by atoms with Gasteiger partial charge in [0.1, 0.15) is 0 Å². The lowest BCUT2D eigenvalue weighted by molar-refractivity contribution is -0.116. The fourth-order valence-electron chi connectivity index (χ4n) is 2.65. The summed E-state index contributed by atoms with van der Waals surface area (Å²) in [5.74, 6) is 4.05. The van der Waals surface area contributed by atoms with Crippen molar-refractivity contribution in [3.05, 3.63) is 46.5 Å². The van der Waals surface area contributed by atoms with Crippen LogP contribution in [0.1, 0.15) is 27.2 Å². The van der Waals surface area contributed by atoms with E-state index in [1.54, 1.807) is 23.5 Å². The first-order valence-electron chi connectivity index (χ1n) is 8.12. The Kier molecular flexibility index (Phi) is 5.15. The molecule has 1 aromatic carbocycles. The van der Waals surface area contributed by atoms with E-state index in [2.05, 4.69) is 27.0 Å². The van der Waals surface area contributed by atoms with Gasteiger partial charge in [-0.15, -0.1) is 11.3 Å². The van der Waals surface area contributed by atoms with E-state index < -0.39 is 5.91 Å². The second-order valence-corrected chi connectivity index (χ2v) is 7.32. The number of nitrogens with zero attached hydrogens (tertiary/aromatic N) is 2. The van der Waals surface area contributed by atoms with Gasteiger partial charge in [0, 0.05) is 41.7 Å². The van der Waals surface area contributed by atoms with Gasteiger partial charge in [-0.1, -0.05) is 29.8 Å². The molecule has 2 heterocycles. The van der Waals surface area contributed by atoms with Crippen LogP contribution in [0.4, 0.5) is 5.13 Å². The molecule has 5 nitrogen and oxygen atoms in total. The maximum Gasteiger partial charge on any atom is 0.296 e. The summed E-state index contributed by atoms with van der Waals surface area (Å²) in [6.07, 6.45) is 2.70. The second kappa shape index (κ2) is 7.49. The number of aryl methyl sites for hydroxylation is 2. The van der Waals surface area contributed by atoms with E-state index in [-0.39, 0.29) is 11.8 Å². The molecular formula is C19H19N3O2S. The van der Waals surface area contributed by atoms with Gasteiger partial charge in [-0.2, -0.15) is 0 Å². The van der Waals surface area contributed by atoms with Crippen molar-refractivity contribution in [1.82, 2.24) is 10.3 Å². The van der Waals surface area contributed by atoms with Crippen LogP contribution in [0.15, 0.2) is 30.5 Å². The van der Waals surface area contributed by atoms with Crippen molar-refractivity contribution in [2.24, 2.45) is 0 Å². The summed E-state index contributed by atoms with van der Waals surface area (Å²) >= 11 is 1.65. The highest BCUT2D eigenvalue weighted by Crippen LogP contribution is 2.25. The number of carbonyl (C=O) groups is 2. The topological polar surface area (TPSA) is 62.3 Å². The standard InChI is InChI=1S/C19H19N3O2S/c1-13-3-5-15(6-4-13)17(23)7-8-18(24)21-16-9-10-22(12-16)19-20-11-14(2)25-19/h3-6,11,16H,9-10,12H2,1-2H3,(H,21,24). The van der Waals surface area contributed by atoms with Crippen LogP contribution in [0.3, 0.4) is 0 Å². The SMILES string of the molecule is Cc1ccc(C(=O)C#CC(=O)NC2CCN(c3ncc(C)s3)C2)cc1. The van der Waals surface area contributed by atoms with Gasteiger partial charge in [-0.25, -0.2) is 4.98 Å². The molecule has 3 rings (SSSR count). The van der Waals surface area contributed by atoms with Crippen molar-refractivity contribution in [3.8, 4) is 11.8 Å². The highest BCUT2D eigenvalue weighted by molar-refractivity contribution is 7.15. The van der Waals surface area contributed by atoms with Gasteiger partial charge in [0.15, 0.2) is 5.13 Å². The van der Waals surface area contributed by atoms with Crippen molar-refractivity contribution in [2.45, 2.75) is 26.3 Å². The maximum atomic E-state index is 12.0. The molecule has 0 saturated carbocycles. The van der Waals surface area contributed by atoms with Crippen LogP contribution in [-0.2, 0) is 4.79 Å². The van der Waals surface area contributed by atoms with Crippen molar-refractivity contribution < 1.29 is 9.59 Å². The minimum atomic E-state index is -0.414. The summed E-state index contributed by atoms with van der Waals surface area (Å²) in [5.41, 5.74) is 1.57. The number of Topliss-reactive ketones (excluding diaryl/α,β-unsaturated/α-hetero) is 1. The van der Waals surface area contributed by atoms with E-state index in [4.69, 9.17) is 0 Å². The summed E-state index contributed by atoms with van der Waals surface area (Å²) in [5, 5.41) is 3.85. The number of amides is 1. The lowest BCUT2D eigenvalue weighted by atomic mass is 10.1. The Bertz CT molecular complexity index is 846. The molecule has 1 fully saturated rings. The zero-order valence-electron chi connectivity index (χ0n) is 14.2. The average Bonchev–Trinajstić information content (AvgIpc) is 3.22. The van der Waals surface area contributed by atoms with Crippen LogP contribution in [-0.4, -0.2) is 35.8 Å². The number of nitrogens with one attached hydrogen (secondary N) is 1. The molecule has 1 N–H and O–H groups in total. The fourth-order valence-corrected chi connectivity index (χ4v) is 3.45. The van der Waals surface area contributed by atoms with Crippen molar-refractivity contribution in [2.75, 3.05) is 18.0 Å². The van der Waals surface area contributed by atoms with Crippen molar-refractivity contribution in [1.29, 1.82) is 0 Å². The van der Waals surface area contributed by atoms with Crippen LogP contribution in [0.5, 0.6) is 0 Å². The van der Waals surface area contributed by atoms with E-state index in [1.165, 1.54) is 4.88 Å². The van der Waals surface area contributed by atoms with Gasteiger partial charge in [-0.3, -0.25) is 9.59 Å². The van der Waals surface area contributed by atoms with Crippen LogP contribution < -0.4 is 10.2 Å². The Balaban J connectivity index is 1.53. The third-order valence-corrected chi connectivity index (χ3v) is 4.98. The number of aromatic nitrogens is 1. The fraction of sp³-hybridized carbons (Fsp3) is 0.316. The number of rotatable bonds is 3. The molecule has 2 aromatic rings. The molecule has 25 heavy (non-hydrogen) atoms. The molecule has 0 aliphatic carbocycles. The molecule has 1 atom stereocenters. The van der Waals surface area contributed by atoms with E-state index in [1.807, 2.05) is 32.2 Å². The van der Waals surface area contributed by atoms with Gasteiger partial charge in [-0.05, 0) is 26.2 Å². The van der Waals surface area contributed by atoms with E-state index in [9.17, 15) is 9.59 Å². The predicted molar refractivity (Wildman–Crippen MR) is 98.9 cm³/mol. The number of carbonyl (C=O) groups excluding carboxylic acids is 2. The number of hydrogen-bond donors (Lipinski definition) is 1. The van der Waals surface area contributed by atoms with Crippen LogP contribution >= 0.6 is 11.3 Å². The third kappa shape index (κ3) is 4.46. The maximum absolute atomic E-state index is 12.0. The van der Waals surface area contributed by atoms with Gasteiger partial charge in [0.25, 0.3) is 5.91 Å².